The Hall–Kier alpha value is -3.49. The van der Waals surface area contributed by atoms with Gasteiger partial charge in [-0.15, -0.1) is 0 Å². The molecule has 226 valence electrons. The van der Waals surface area contributed by atoms with Crippen LogP contribution in [0.25, 0.3) is 0 Å². The lowest BCUT2D eigenvalue weighted by Gasteiger charge is -2.34. The van der Waals surface area contributed by atoms with Gasteiger partial charge in [-0.25, -0.2) is 9.97 Å². The Morgan fingerprint density at radius 2 is 1.77 bits per heavy atom. The first-order valence-corrected chi connectivity index (χ1v) is 16.1. The Balaban J connectivity index is 1.04. The fraction of sp³-hybridized carbons (Fsp3) is 0.471. The van der Waals surface area contributed by atoms with Crippen LogP contribution in [0.1, 0.15) is 88.5 Å². The highest BCUT2D eigenvalue weighted by molar-refractivity contribution is 6.30. The van der Waals surface area contributed by atoms with Crippen molar-refractivity contribution in [1.82, 2.24) is 20.2 Å². The predicted octanol–water partition coefficient (Wildman–Crippen LogP) is 5.14. The molecule has 3 aromatic rings. The first-order valence-electron chi connectivity index (χ1n) is 15.7. The van der Waals surface area contributed by atoms with E-state index in [0.717, 1.165) is 38.3 Å². The van der Waals surface area contributed by atoms with Gasteiger partial charge in [-0.1, -0.05) is 41.9 Å². The Labute approximate surface area is 259 Å². The monoisotopic (exact) mass is 600 g/mol. The van der Waals surface area contributed by atoms with Crippen molar-refractivity contribution in [3.8, 4) is 0 Å². The van der Waals surface area contributed by atoms with Gasteiger partial charge in [0.25, 0.3) is 11.8 Å². The zero-order valence-corrected chi connectivity index (χ0v) is 25.4. The minimum absolute atomic E-state index is 0.0324. The summed E-state index contributed by atoms with van der Waals surface area (Å²) in [5, 5.41) is 3.66. The largest absolute Gasteiger partial charge is 0.364 e. The van der Waals surface area contributed by atoms with Crippen molar-refractivity contribution in [2.24, 2.45) is 5.73 Å². The third kappa shape index (κ3) is 7.54. The molecule has 3 heterocycles. The van der Waals surface area contributed by atoms with E-state index < -0.39 is 5.91 Å². The van der Waals surface area contributed by atoms with E-state index in [4.69, 9.17) is 22.3 Å². The maximum atomic E-state index is 12.8. The Kier molecular flexibility index (Phi) is 9.24. The quantitative estimate of drug-likeness (QED) is 0.334. The van der Waals surface area contributed by atoms with E-state index >= 15 is 0 Å². The summed E-state index contributed by atoms with van der Waals surface area (Å²) in [4.78, 5) is 39.0. The summed E-state index contributed by atoms with van der Waals surface area (Å²) in [7, 11) is 0. The number of nitrogens with two attached hydrogens (primary N) is 1. The predicted molar refractivity (Wildman–Crippen MR) is 170 cm³/mol. The van der Waals surface area contributed by atoms with Crippen molar-refractivity contribution in [2.75, 3.05) is 31.1 Å². The number of benzene rings is 2. The summed E-state index contributed by atoms with van der Waals surface area (Å²) in [6.45, 7) is 3.88. The van der Waals surface area contributed by atoms with Crippen LogP contribution in [0.4, 0.5) is 5.82 Å². The lowest BCUT2D eigenvalue weighted by Crippen LogP contribution is -2.48. The lowest BCUT2D eigenvalue weighted by molar-refractivity contribution is 0.0931. The smallest absolute Gasteiger partial charge is 0.269 e. The van der Waals surface area contributed by atoms with Crippen molar-refractivity contribution in [3.05, 3.63) is 87.8 Å². The van der Waals surface area contributed by atoms with Crippen LogP contribution in [-0.2, 0) is 12.8 Å². The molecule has 2 aliphatic heterocycles. The van der Waals surface area contributed by atoms with Gasteiger partial charge in [0, 0.05) is 35.8 Å². The fourth-order valence-electron chi connectivity index (χ4n) is 6.60. The van der Waals surface area contributed by atoms with Crippen LogP contribution in [-0.4, -0.2) is 64.9 Å². The first kappa shape index (κ1) is 29.6. The van der Waals surface area contributed by atoms with Gasteiger partial charge in [0.1, 0.15) is 11.5 Å². The Bertz CT molecular complexity index is 1440. The summed E-state index contributed by atoms with van der Waals surface area (Å²) in [6.07, 6.45) is 11.1. The number of halogens is 1. The number of carbonyl (C=O) groups is 2. The molecule has 43 heavy (non-hydrogen) atoms. The fourth-order valence-corrected chi connectivity index (χ4v) is 6.80. The van der Waals surface area contributed by atoms with Crippen LogP contribution in [0.2, 0.25) is 5.02 Å². The van der Waals surface area contributed by atoms with Crippen molar-refractivity contribution >= 4 is 29.2 Å². The molecule has 1 saturated carbocycles. The van der Waals surface area contributed by atoms with Gasteiger partial charge in [-0.2, -0.15) is 0 Å². The second-order valence-electron chi connectivity index (χ2n) is 12.3. The van der Waals surface area contributed by atoms with Crippen molar-refractivity contribution in [2.45, 2.75) is 75.8 Å². The molecule has 0 unspecified atom stereocenters. The molecular formula is C34H41ClN6O2. The van der Waals surface area contributed by atoms with Gasteiger partial charge in [-0.3, -0.25) is 9.59 Å². The molecule has 1 atom stereocenters. The molecule has 0 spiro atoms. The average Bonchev–Trinajstić information content (AvgIpc) is 3.87. The molecule has 2 amide bonds. The van der Waals surface area contributed by atoms with Crippen LogP contribution in [0, 0.1) is 0 Å². The molecule has 8 nitrogen and oxygen atoms in total. The minimum atomic E-state index is -0.559. The van der Waals surface area contributed by atoms with E-state index in [1.807, 2.05) is 0 Å². The zero-order chi connectivity index (χ0) is 29.8. The molecule has 2 saturated heterocycles. The maximum absolute atomic E-state index is 12.8. The molecule has 1 aliphatic carbocycles. The average molecular weight is 601 g/mol. The second-order valence-corrected chi connectivity index (χ2v) is 12.7. The van der Waals surface area contributed by atoms with E-state index in [0.29, 0.717) is 41.0 Å². The molecule has 1 aromatic heterocycles. The van der Waals surface area contributed by atoms with Crippen molar-refractivity contribution < 1.29 is 9.59 Å². The highest BCUT2D eigenvalue weighted by Crippen LogP contribution is 2.34. The van der Waals surface area contributed by atoms with Crippen LogP contribution < -0.4 is 16.0 Å². The maximum Gasteiger partial charge on any atom is 0.269 e. The summed E-state index contributed by atoms with van der Waals surface area (Å²) >= 11 is 6.07. The number of rotatable bonds is 10. The zero-order valence-electron chi connectivity index (χ0n) is 24.7. The molecule has 3 aliphatic rings. The topological polar surface area (TPSA) is 104 Å². The van der Waals surface area contributed by atoms with Crippen molar-refractivity contribution in [1.29, 1.82) is 0 Å². The second kappa shape index (κ2) is 13.4. The number of anilines is 1. The number of piperidine rings is 2. The van der Waals surface area contributed by atoms with Crippen molar-refractivity contribution in [3.63, 3.8) is 0 Å². The van der Waals surface area contributed by atoms with Crippen LogP contribution >= 0.6 is 11.6 Å². The molecule has 9 heteroatoms. The number of carbonyl (C=O) groups excluding carboxylic acids is 2. The Morgan fingerprint density at radius 3 is 2.49 bits per heavy atom. The summed E-state index contributed by atoms with van der Waals surface area (Å²) in [5.74, 6) is 0.673. The number of hydrogen-bond acceptors (Lipinski definition) is 6. The van der Waals surface area contributed by atoms with E-state index in [-0.39, 0.29) is 17.6 Å². The first-order chi connectivity index (χ1) is 20.9. The third-order valence-electron chi connectivity index (χ3n) is 9.16. The number of nitrogens with zero attached hydrogens (tertiary/aromatic N) is 4. The van der Waals surface area contributed by atoms with Gasteiger partial charge >= 0.3 is 0 Å². The molecule has 0 bridgehead atoms. The van der Waals surface area contributed by atoms with Gasteiger partial charge < -0.3 is 20.9 Å². The number of amides is 2. The number of likely N-dealkylation sites (tertiary alicyclic amines) is 1. The molecule has 3 fully saturated rings. The van der Waals surface area contributed by atoms with Gasteiger partial charge in [-0.05, 0) is 106 Å². The molecule has 3 N–H and O–H groups in total. The number of aryl methyl sites for hydroxylation is 2. The number of nitrogens with one attached hydrogen (secondary N) is 1. The van der Waals surface area contributed by atoms with Gasteiger partial charge in [0.2, 0.25) is 0 Å². The normalized spacial score (nSPS) is 19.7. The van der Waals surface area contributed by atoms with Crippen LogP contribution in [0.15, 0.2) is 54.7 Å². The van der Waals surface area contributed by atoms with E-state index in [1.54, 1.807) is 30.5 Å². The summed E-state index contributed by atoms with van der Waals surface area (Å²) in [6, 6.07) is 16.9. The molecule has 2 aromatic carbocycles. The molecule has 0 radical (unpaired) electrons. The third-order valence-corrected chi connectivity index (χ3v) is 9.39. The van der Waals surface area contributed by atoms with E-state index in [2.05, 4.69) is 44.4 Å². The highest BCUT2D eigenvalue weighted by atomic mass is 35.5. The number of hydrogen-bond donors (Lipinski definition) is 2. The SMILES string of the molecule is NC(=O)c1ncc(N2CCC[C@@H](NC(=O)c3cccc(Cl)c3)C2)nc1CCCc1ccc(C2CCN(C3CC3)CC2)cc1. The number of primary amides is 1. The van der Waals surface area contributed by atoms with Gasteiger partial charge in [0.15, 0.2) is 0 Å². The van der Waals surface area contributed by atoms with E-state index in [9.17, 15) is 9.59 Å². The summed E-state index contributed by atoms with van der Waals surface area (Å²) < 4.78 is 0. The molecular weight excluding hydrogens is 560 g/mol. The molecule has 6 rings (SSSR count). The minimum Gasteiger partial charge on any atom is -0.364 e. The summed E-state index contributed by atoms with van der Waals surface area (Å²) in [5.41, 5.74) is 9.83. The van der Waals surface area contributed by atoms with Gasteiger partial charge in [0.05, 0.1) is 11.9 Å². The van der Waals surface area contributed by atoms with Crippen LogP contribution in [0.3, 0.4) is 0 Å². The lowest BCUT2D eigenvalue weighted by atomic mass is 9.88. The Morgan fingerprint density at radius 1 is 0.977 bits per heavy atom. The van der Waals surface area contributed by atoms with Crippen LogP contribution in [0.5, 0.6) is 0 Å². The highest BCUT2D eigenvalue weighted by Gasteiger charge is 2.32. The van der Waals surface area contributed by atoms with E-state index in [1.165, 1.54) is 49.9 Å². The number of aromatic nitrogens is 2. The standard InChI is InChI=1S/C34H41ClN6O2/c35-27-6-2-5-26(20-27)34(43)38-28-7-3-17-41(22-28)31-21-37-32(33(36)42)30(39-31)8-1-4-23-9-11-24(12-10-23)25-15-18-40(19-16-25)29-13-14-29/h2,5-6,9-12,20-21,25,28-29H,1,3-4,7-8,13-19,22H2,(H2,36,42)(H,38,43)/t28-/m1/s1.